The van der Waals surface area contributed by atoms with Crippen LogP contribution in [0.1, 0.15) is 21.5 Å². The van der Waals surface area contributed by atoms with Gasteiger partial charge in [0.05, 0.1) is 17.2 Å². The maximum atomic E-state index is 11.7. The van der Waals surface area contributed by atoms with E-state index in [0.29, 0.717) is 14.7 Å². The molecule has 0 unspecified atom stereocenters. The standard InChI is InChI=1S/C16H7I4NO2/c17-12-10(6-9(7-21)8-4-2-1-3-5-8)11(16(22)23)13(18)15(20)14(12)19/h1-6H,(H,22,23)/b9-6+. The van der Waals surface area contributed by atoms with Crippen molar-refractivity contribution >= 4 is 108 Å². The topological polar surface area (TPSA) is 61.1 Å². The van der Waals surface area contributed by atoms with Gasteiger partial charge >= 0.3 is 5.97 Å². The fourth-order valence-corrected chi connectivity index (χ4v) is 5.55. The number of carboxylic acids is 1. The lowest BCUT2D eigenvalue weighted by Gasteiger charge is -2.13. The monoisotopic (exact) mass is 753 g/mol. The second-order valence-electron chi connectivity index (χ2n) is 4.39. The van der Waals surface area contributed by atoms with Gasteiger partial charge in [-0.05, 0) is 102 Å². The molecule has 0 aromatic heterocycles. The van der Waals surface area contributed by atoms with E-state index in [2.05, 4.69) is 96.4 Å². The van der Waals surface area contributed by atoms with Crippen molar-refractivity contribution in [2.45, 2.75) is 0 Å². The highest BCUT2D eigenvalue weighted by molar-refractivity contribution is 14.1. The van der Waals surface area contributed by atoms with Crippen molar-refractivity contribution in [3.05, 3.63) is 61.3 Å². The predicted octanol–water partition coefficient (Wildman–Crippen LogP) is 5.87. The largest absolute Gasteiger partial charge is 0.478 e. The van der Waals surface area contributed by atoms with Crippen molar-refractivity contribution in [2.75, 3.05) is 0 Å². The summed E-state index contributed by atoms with van der Waals surface area (Å²) >= 11 is 8.56. The van der Waals surface area contributed by atoms with Crippen molar-refractivity contribution in [3.63, 3.8) is 0 Å². The first-order valence-electron chi connectivity index (χ1n) is 6.15. The van der Waals surface area contributed by atoms with E-state index in [0.717, 1.165) is 16.3 Å². The molecular weight excluding hydrogens is 746 g/mol. The Labute approximate surface area is 188 Å². The van der Waals surface area contributed by atoms with Gasteiger partial charge in [-0.3, -0.25) is 0 Å². The van der Waals surface area contributed by atoms with E-state index < -0.39 is 5.97 Å². The zero-order valence-corrected chi connectivity index (χ0v) is 19.9. The van der Waals surface area contributed by atoms with E-state index in [4.69, 9.17) is 0 Å². The molecule has 2 aromatic carbocycles. The molecule has 0 bridgehead atoms. The van der Waals surface area contributed by atoms with E-state index in [1.807, 2.05) is 30.3 Å². The quantitative estimate of drug-likeness (QED) is 0.141. The van der Waals surface area contributed by atoms with Crippen molar-refractivity contribution in [2.24, 2.45) is 0 Å². The van der Waals surface area contributed by atoms with E-state index in [-0.39, 0.29) is 5.56 Å². The number of allylic oxidation sites excluding steroid dienone is 1. The predicted molar refractivity (Wildman–Crippen MR) is 124 cm³/mol. The molecule has 0 aliphatic heterocycles. The van der Waals surface area contributed by atoms with Crippen LogP contribution in [0, 0.1) is 25.6 Å². The highest BCUT2D eigenvalue weighted by Crippen LogP contribution is 2.35. The molecule has 0 aliphatic rings. The lowest BCUT2D eigenvalue weighted by Crippen LogP contribution is -2.09. The average Bonchev–Trinajstić information content (AvgIpc) is 2.55. The average molecular weight is 753 g/mol. The molecule has 0 aliphatic carbocycles. The lowest BCUT2D eigenvalue weighted by atomic mass is 10.0. The zero-order chi connectivity index (χ0) is 17.1. The summed E-state index contributed by atoms with van der Waals surface area (Å²) in [4.78, 5) is 11.7. The minimum Gasteiger partial charge on any atom is -0.478 e. The van der Waals surface area contributed by atoms with Gasteiger partial charge in [-0.2, -0.15) is 5.26 Å². The Hall–Kier alpha value is 0.0600. The Balaban J connectivity index is 2.80. The Morgan fingerprint density at radius 3 is 2.09 bits per heavy atom. The molecule has 2 aromatic rings. The maximum Gasteiger partial charge on any atom is 0.337 e. The normalized spacial score (nSPS) is 11.2. The summed E-state index contributed by atoms with van der Waals surface area (Å²) in [6.45, 7) is 0. The molecule has 0 fully saturated rings. The highest BCUT2D eigenvalue weighted by Gasteiger charge is 2.22. The number of halogens is 4. The van der Waals surface area contributed by atoms with Crippen molar-refractivity contribution in [1.82, 2.24) is 0 Å². The van der Waals surface area contributed by atoms with Crippen LogP contribution in [-0.2, 0) is 0 Å². The van der Waals surface area contributed by atoms with Gasteiger partial charge in [-0.1, -0.05) is 30.3 Å². The summed E-state index contributed by atoms with van der Waals surface area (Å²) in [5.74, 6) is -0.988. The van der Waals surface area contributed by atoms with Crippen molar-refractivity contribution in [3.8, 4) is 6.07 Å². The Morgan fingerprint density at radius 1 is 1.00 bits per heavy atom. The van der Waals surface area contributed by atoms with Gasteiger partial charge in [0.2, 0.25) is 0 Å². The van der Waals surface area contributed by atoms with E-state index in [1.54, 1.807) is 6.08 Å². The van der Waals surface area contributed by atoms with Crippen molar-refractivity contribution in [1.29, 1.82) is 5.26 Å². The number of carbonyl (C=O) groups is 1. The third-order valence-electron chi connectivity index (χ3n) is 3.01. The summed E-state index contributed by atoms with van der Waals surface area (Å²) < 4.78 is 3.45. The Kier molecular flexibility index (Phi) is 7.11. The number of nitriles is 1. The second-order valence-corrected chi connectivity index (χ2v) is 8.70. The summed E-state index contributed by atoms with van der Waals surface area (Å²) in [5, 5.41) is 19.1. The van der Waals surface area contributed by atoms with Crippen LogP contribution in [0.15, 0.2) is 30.3 Å². The first kappa shape index (κ1) is 19.4. The van der Waals surface area contributed by atoms with Gasteiger partial charge in [0.25, 0.3) is 0 Å². The molecule has 23 heavy (non-hydrogen) atoms. The minimum absolute atomic E-state index is 0.239. The molecule has 0 heterocycles. The van der Waals surface area contributed by atoms with Gasteiger partial charge < -0.3 is 5.11 Å². The summed E-state index contributed by atoms with van der Waals surface area (Å²) in [5.41, 5.74) is 2.03. The third-order valence-corrected chi connectivity index (χ3v) is 10.5. The minimum atomic E-state index is -0.988. The summed E-state index contributed by atoms with van der Waals surface area (Å²) in [6.07, 6.45) is 1.67. The van der Waals surface area contributed by atoms with E-state index >= 15 is 0 Å². The summed E-state index contributed by atoms with van der Waals surface area (Å²) in [7, 11) is 0. The highest BCUT2D eigenvalue weighted by atomic mass is 127. The molecule has 7 heteroatoms. The van der Waals surface area contributed by atoms with Crippen LogP contribution in [0.2, 0.25) is 0 Å². The smallest absolute Gasteiger partial charge is 0.337 e. The molecule has 0 saturated carbocycles. The molecule has 2 rings (SSSR count). The molecule has 0 saturated heterocycles. The molecule has 0 atom stereocenters. The Bertz CT molecular complexity index is 855. The number of aromatic carboxylic acids is 1. The number of carboxylic acid groups (broad SMARTS) is 1. The number of rotatable bonds is 3. The molecule has 0 amide bonds. The first-order chi connectivity index (χ1) is 10.9. The van der Waals surface area contributed by atoms with Crippen LogP contribution in [-0.4, -0.2) is 11.1 Å². The van der Waals surface area contributed by atoms with Crippen LogP contribution >= 0.6 is 90.4 Å². The number of hydrogen-bond acceptors (Lipinski definition) is 2. The maximum absolute atomic E-state index is 11.7. The number of hydrogen-bond donors (Lipinski definition) is 1. The SMILES string of the molecule is N#C/C(=C\c1c(I)c(I)c(I)c(I)c1C(=O)O)c1ccccc1. The molecular formula is C16H7I4NO2. The van der Waals surface area contributed by atoms with Gasteiger partial charge in [-0.15, -0.1) is 0 Å². The fraction of sp³-hybridized carbons (Fsp3) is 0. The Morgan fingerprint density at radius 2 is 1.57 bits per heavy atom. The molecule has 1 N–H and O–H groups in total. The van der Waals surface area contributed by atoms with Gasteiger partial charge in [0.15, 0.2) is 0 Å². The molecule has 116 valence electrons. The second kappa shape index (κ2) is 8.43. The molecule has 0 spiro atoms. The zero-order valence-electron chi connectivity index (χ0n) is 11.3. The van der Waals surface area contributed by atoms with Gasteiger partial charge in [-0.25, -0.2) is 4.79 Å². The van der Waals surface area contributed by atoms with Crippen LogP contribution < -0.4 is 0 Å². The van der Waals surface area contributed by atoms with Crippen LogP contribution in [0.3, 0.4) is 0 Å². The van der Waals surface area contributed by atoms with Gasteiger partial charge in [0, 0.05) is 19.8 Å². The van der Waals surface area contributed by atoms with Gasteiger partial charge in [0.1, 0.15) is 0 Å². The summed E-state index contributed by atoms with van der Waals surface area (Å²) in [6, 6.07) is 11.4. The fourth-order valence-electron chi connectivity index (χ4n) is 1.94. The van der Waals surface area contributed by atoms with Crippen LogP contribution in [0.4, 0.5) is 0 Å². The lowest BCUT2D eigenvalue weighted by molar-refractivity contribution is 0.0695. The van der Waals surface area contributed by atoms with Crippen molar-refractivity contribution < 1.29 is 9.90 Å². The van der Waals surface area contributed by atoms with E-state index in [9.17, 15) is 15.2 Å². The van der Waals surface area contributed by atoms with E-state index in [1.165, 1.54) is 0 Å². The third kappa shape index (κ3) is 4.18. The first-order valence-corrected chi connectivity index (χ1v) is 10.5. The van der Waals surface area contributed by atoms with Crippen LogP contribution in [0.5, 0.6) is 0 Å². The number of benzene rings is 2. The number of nitrogens with zero attached hydrogens (tertiary/aromatic N) is 1. The van der Waals surface area contributed by atoms with Crippen LogP contribution in [0.25, 0.3) is 11.6 Å². The molecule has 0 radical (unpaired) electrons. The molecule has 3 nitrogen and oxygen atoms in total.